The van der Waals surface area contributed by atoms with E-state index in [2.05, 4.69) is 0 Å². The molecule has 0 aliphatic carbocycles. The van der Waals surface area contributed by atoms with E-state index >= 15 is 0 Å². The number of ether oxygens (including phenoxy) is 2. The summed E-state index contributed by atoms with van der Waals surface area (Å²) in [4.78, 5) is 38.1. The molecule has 0 spiro atoms. The number of esters is 2. The number of nitrogens with two attached hydrogens (primary N) is 1. The van der Waals surface area contributed by atoms with Crippen LogP contribution in [0.25, 0.3) is 0 Å². The van der Waals surface area contributed by atoms with E-state index in [-0.39, 0.29) is 24.3 Å². The van der Waals surface area contributed by atoms with E-state index in [1.807, 2.05) is 30.3 Å². The molecule has 2 aromatic carbocycles. The quantitative estimate of drug-likeness (QED) is 0.755. The monoisotopic (exact) mass is 370 g/mol. The summed E-state index contributed by atoms with van der Waals surface area (Å²) in [6.07, 6.45) is 0.179. The maximum absolute atomic E-state index is 12.6. The summed E-state index contributed by atoms with van der Waals surface area (Å²) >= 11 is 0. The highest BCUT2D eigenvalue weighted by molar-refractivity contribution is 6.04. The van der Waals surface area contributed by atoms with Gasteiger partial charge in [0.2, 0.25) is 0 Å². The zero-order valence-corrected chi connectivity index (χ0v) is 15.3. The number of carbonyl (C=O) groups is 3. The van der Waals surface area contributed by atoms with Crippen molar-refractivity contribution >= 4 is 23.7 Å². The highest BCUT2D eigenvalue weighted by atomic mass is 16.5. The molecule has 27 heavy (non-hydrogen) atoms. The number of para-hydroxylation sites is 1. The lowest BCUT2D eigenvalue weighted by Crippen LogP contribution is -2.50. The summed E-state index contributed by atoms with van der Waals surface area (Å²) in [6.45, 7) is 1.82. The van der Waals surface area contributed by atoms with E-state index in [0.717, 1.165) is 10.5 Å². The summed E-state index contributed by atoms with van der Waals surface area (Å²) in [7, 11) is 1.24. The Kier molecular flexibility index (Phi) is 6.93. The molecule has 0 aliphatic rings. The number of urea groups is 1. The number of carbonyl (C=O) groups excluding carboxylic acids is 3. The molecule has 7 heteroatoms. The third kappa shape index (κ3) is 4.84. The number of hydrogen-bond acceptors (Lipinski definition) is 5. The average Bonchev–Trinajstić information content (AvgIpc) is 2.68. The first kappa shape index (κ1) is 20.0. The first-order valence-electron chi connectivity index (χ1n) is 8.46. The second kappa shape index (κ2) is 9.38. The molecule has 0 fully saturated rings. The molecule has 7 nitrogen and oxygen atoms in total. The predicted octanol–water partition coefficient (Wildman–Crippen LogP) is 2.53. The SMILES string of the molecule is CCOC(=O)[C@H](Cc1ccccc1)N(C(N)=O)c1ccccc1C(=O)OC. The molecule has 0 aliphatic heterocycles. The second-order valence-electron chi connectivity index (χ2n) is 5.67. The van der Waals surface area contributed by atoms with E-state index in [4.69, 9.17) is 15.2 Å². The smallest absolute Gasteiger partial charge is 0.339 e. The van der Waals surface area contributed by atoms with Gasteiger partial charge in [0.25, 0.3) is 0 Å². The van der Waals surface area contributed by atoms with Gasteiger partial charge in [0.15, 0.2) is 0 Å². The number of methoxy groups -OCH3 is 1. The normalized spacial score (nSPS) is 11.3. The largest absolute Gasteiger partial charge is 0.465 e. The minimum absolute atomic E-state index is 0.126. The van der Waals surface area contributed by atoms with E-state index in [1.165, 1.54) is 19.2 Å². The minimum atomic E-state index is -1.03. The van der Waals surface area contributed by atoms with Crippen LogP contribution in [0.5, 0.6) is 0 Å². The molecular weight excluding hydrogens is 348 g/mol. The fourth-order valence-corrected chi connectivity index (χ4v) is 2.76. The van der Waals surface area contributed by atoms with Gasteiger partial charge in [-0.25, -0.2) is 14.4 Å². The van der Waals surface area contributed by atoms with Gasteiger partial charge in [-0.1, -0.05) is 42.5 Å². The summed E-state index contributed by atoms with van der Waals surface area (Å²) < 4.78 is 9.93. The first-order chi connectivity index (χ1) is 13.0. The fraction of sp³-hybridized carbons (Fsp3) is 0.250. The second-order valence-corrected chi connectivity index (χ2v) is 5.67. The lowest BCUT2D eigenvalue weighted by Gasteiger charge is -2.30. The summed E-state index contributed by atoms with van der Waals surface area (Å²) in [6, 6.07) is 13.6. The van der Waals surface area contributed by atoms with Gasteiger partial charge >= 0.3 is 18.0 Å². The van der Waals surface area contributed by atoms with Crippen LogP contribution in [-0.4, -0.2) is 37.7 Å². The van der Waals surface area contributed by atoms with Crippen LogP contribution in [0.15, 0.2) is 54.6 Å². The van der Waals surface area contributed by atoms with Gasteiger partial charge in [-0.3, -0.25) is 4.90 Å². The first-order valence-corrected chi connectivity index (χ1v) is 8.46. The molecule has 0 saturated carbocycles. The highest BCUT2D eigenvalue weighted by Crippen LogP contribution is 2.25. The van der Waals surface area contributed by atoms with Crippen LogP contribution in [-0.2, 0) is 20.7 Å². The Morgan fingerprint density at radius 3 is 2.26 bits per heavy atom. The van der Waals surface area contributed by atoms with Crippen molar-refractivity contribution in [2.45, 2.75) is 19.4 Å². The van der Waals surface area contributed by atoms with E-state index in [1.54, 1.807) is 19.1 Å². The highest BCUT2D eigenvalue weighted by Gasteiger charge is 2.33. The van der Waals surface area contributed by atoms with Crippen LogP contribution in [0, 0.1) is 0 Å². The maximum Gasteiger partial charge on any atom is 0.339 e. The van der Waals surface area contributed by atoms with Gasteiger partial charge in [0.1, 0.15) is 6.04 Å². The van der Waals surface area contributed by atoms with E-state index in [9.17, 15) is 14.4 Å². The number of nitrogens with zero attached hydrogens (tertiary/aromatic N) is 1. The topological polar surface area (TPSA) is 98.9 Å². The number of amides is 2. The van der Waals surface area contributed by atoms with E-state index in [0.29, 0.717) is 0 Å². The molecule has 0 heterocycles. The van der Waals surface area contributed by atoms with Crippen LogP contribution in [0.1, 0.15) is 22.8 Å². The third-order valence-electron chi connectivity index (χ3n) is 3.95. The Balaban J connectivity index is 2.53. The molecule has 0 saturated heterocycles. The minimum Gasteiger partial charge on any atom is -0.465 e. The molecule has 1 atom stereocenters. The van der Waals surface area contributed by atoms with Crippen molar-refractivity contribution in [3.63, 3.8) is 0 Å². The molecule has 0 aromatic heterocycles. The van der Waals surface area contributed by atoms with Crippen LogP contribution in [0.4, 0.5) is 10.5 Å². The van der Waals surface area contributed by atoms with Gasteiger partial charge in [-0.2, -0.15) is 0 Å². The molecule has 2 amide bonds. The number of anilines is 1. The summed E-state index contributed by atoms with van der Waals surface area (Å²) in [5.74, 6) is -1.25. The van der Waals surface area contributed by atoms with Crippen molar-refractivity contribution in [1.82, 2.24) is 0 Å². The van der Waals surface area contributed by atoms with Gasteiger partial charge in [0.05, 0.1) is 25.0 Å². The Morgan fingerprint density at radius 2 is 1.67 bits per heavy atom. The van der Waals surface area contributed by atoms with Crippen LogP contribution in [0.2, 0.25) is 0 Å². The number of benzene rings is 2. The number of primary amides is 1. The molecular formula is C20H22N2O5. The summed E-state index contributed by atoms with van der Waals surface area (Å²) in [5, 5.41) is 0. The summed E-state index contributed by atoms with van der Waals surface area (Å²) in [5.41, 5.74) is 6.72. The van der Waals surface area contributed by atoms with Crippen LogP contribution in [0.3, 0.4) is 0 Å². The fourth-order valence-electron chi connectivity index (χ4n) is 2.76. The number of rotatable bonds is 7. The van der Waals surface area contributed by atoms with Crippen molar-refractivity contribution in [3.8, 4) is 0 Å². The molecule has 142 valence electrons. The van der Waals surface area contributed by atoms with Crippen molar-refractivity contribution < 1.29 is 23.9 Å². The number of hydrogen-bond donors (Lipinski definition) is 1. The molecule has 2 aromatic rings. The Morgan fingerprint density at radius 1 is 1.04 bits per heavy atom. The van der Waals surface area contributed by atoms with E-state index < -0.39 is 24.0 Å². The molecule has 2 rings (SSSR count). The van der Waals surface area contributed by atoms with Gasteiger partial charge < -0.3 is 15.2 Å². The zero-order valence-electron chi connectivity index (χ0n) is 15.3. The Bertz CT molecular complexity index is 807. The average molecular weight is 370 g/mol. The predicted molar refractivity (Wildman–Crippen MR) is 100 cm³/mol. The standard InChI is InChI=1S/C20H22N2O5/c1-3-27-19(24)17(13-14-9-5-4-6-10-14)22(20(21)25)16-12-8-7-11-15(16)18(23)26-2/h4-12,17H,3,13H2,1-2H3,(H2,21,25)/t17-/m0/s1. The Labute approximate surface area is 157 Å². The Hall–Kier alpha value is -3.35. The lowest BCUT2D eigenvalue weighted by molar-refractivity contribution is -0.144. The molecule has 0 bridgehead atoms. The molecule has 2 N–H and O–H groups in total. The molecule has 0 unspecified atom stereocenters. The van der Waals surface area contributed by atoms with Crippen molar-refractivity contribution in [2.75, 3.05) is 18.6 Å². The van der Waals surface area contributed by atoms with Gasteiger partial charge in [-0.15, -0.1) is 0 Å². The van der Waals surface area contributed by atoms with Crippen LogP contribution < -0.4 is 10.6 Å². The van der Waals surface area contributed by atoms with Crippen molar-refractivity contribution in [1.29, 1.82) is 0 Å². The van der Waals surface area contributed by atoms with Crippen molar-refractivity contribution in [2.24, 2.45) is 5.73 Å². The third-order valence-corrected chi connectivity index (χ3v) is 3.95. The zero-order chi connectivity index (χ0) is 19.8. The van der Waals surface area contributed by atoms with Crippen molar-refractivity contribution in [3.05, 3.63) is 65.7 Å². The maximum atomic E-state index is 12.6. The van der Waals surface area contributed by atoms with Gasteiger partial charge in [0, 0.05) is 6.42 Å². The van der Waals surface area contributed by atoms with Crippen LogP contribution >= 0.6 is 0 Å². The lowest BCUT2D eigenvalue weighted by atomic mass is 10.0. The van der Waals surface area contributed by atoms with Gasteiger partial charge in [-0.05, 0) is 24.6 Å². The molecule has 0 radical (unpaired) electrons.